The lowest BCUT2D eigenvalue weighted by atomic mass is 10.0. The Bertz CT molecular complexity index is 172. The van der Waals surface area contributed by atoms with E-state index in [-0.39, 0.29) is 0 Å². The minimum absolute atomic E-state index is 0.749. The Hall–Kier alpha value is -0.700. The van der Waals surface area contributed by atoms with Crippen LogP contribution in [0.2, 0.25) is 0 Å². The molecule has 0 aliphatic heterocycles. The lowest BCUT2D eigenvalue weighted by molar-refractivity contribution is 0.557. The molecule has 1 atom stereocenters. The summed E-state index contributed by atoms with van der Waals surface area (Å²) in [4.78, 5) is 0. The zero-order valence-corrected chi connectivity index (χ0v) is 6.72. The van der Waals surface area contributed by atoms with Crippen molar-refractivity contribution in [1.82, 2.24) is 0 Å². The molecule has 0 bridgehead atoms. The first-order valence-corrected chi connectivity index (χ1v) is 3.98. The lowest BCUT2D eigenvalue weighted by Gasteiger charge is -2.02. The maximum Gasteiger partial charge on any atom is 0.0123 e. The highest BCUT2D eigenvalue weighted by molar-refractivity contribution is 5.16. The summed E-state index contributed by atoms with van der Waals surface area (Å²) in [5.41, 5.74) is 0. The molecule has 0 nitrogen and oxygen atoms in total. The molecule has 0 spiro atoms. The van der Waals surface area contributed by atoms with Crippen LogP contribution in [0.25, 0.3) is 0 Å². The highest BCUT2D eigenvalue weighted by Gasteiger charge is 2.17. The summed E-state index contributed by atoms with van der Waals surface area (Å²) in [7, 11) is 0. The molecule has 0 aromatic heterocycles. The number of allylic oxidation sites excluding steroid dienone is 2. The van der Waals surface area contributed by atoms with Gasteiger partial charge in [0, 0.05) is 12.8 Å². The van der Waals surface area contributed by atoms with E-state index in [1.807, 2.05) is 0 Å². The van der Waals surface area contributed by atoms with Crippen LogP contribution in [0.15, 0.2) is 12.2 Å². The molecule has 1 rings (SSSR count). The van der Waals surface area contributed by atoms with Crippen molar-refractivity contribution < 1.29 is 0 Å². The Balaban J connectivity index is 2.11. The summed E-state index contributed by atoms with van der Waals surface area (Å²) in [6, 6.07) is 0. The minimum atomic E-state index is 0.749. The van der Waals surface area contributed by atoms with E-state index in [9.17, 15) is 0 Å². The Morgan fingerprint density at radius 3 is 2.60 bits per heavy atom. The number of hydrogen-bond acceptors (Lipinski definition) is 0. The number of rotatable bonds is 2. The van der Waals surface area contributed by atoms with E-state index in [2.05, 4.69) is 37.8 Å². The van der Waals surface area contributed by atoms with Gasteiger partial charge in [0.05, 0.1) is 0 Å². The average Bonchev–Trinajstić information content (AvgIpc) is 2.69. The molecule has 0 heterocycles. The monoisotopic (exact) mass is 134 g/mol. The molecule has 0 aromatic rings. The van der Waals surface area contributed by atoms with Gasteiger partial charge in [-0.1, -0.05) is 26.0 Å². The Labute approximate surface area is 63.3 Å². The van der Waals surface area contributed by atoms with E-state index in [0.29, 0.717) is 0 Å². The van der Waals surface area contributed by atoms with E-state index in [1.54, 1.807) is 0 Å². The lowest BCUT2D eigenvalue weighted by Crippen LogP contribution is -1.95. The molecule has 0 amide bonds. The summed E-state index contributed by atoms with van der Waals surface area (Å²) in [6.45, 7) is 4.35. The first-order chi connectivity index (χ1) is 4.84. The Kier molecular flexibility index (Phi) is 2.57. The third-order valence-electron chi connectivity index (χ3n) is 1.80. The minimum Gasteiger partial charge on any atom is -0.104 e. The van der Waals surface area contributed by atoms with E-state index in [4.69, 9.17) is 0 Å². The van der Waals surface area contributed by atoms with E-state index in [0.717, 1.165) is 24.7 Å². The van der Waals surface area contributed by atoms with Gasteiger partial charge in [0.25, 0.3) is 0 Å². The van der Waals surface area contributed by atoms with Crippen molar-refractivity contribution >= 4 is 0 Å². The second-order valence-corrected chi connectivity index (χ2v) is 2.85. The molecule has 0 fully saturated rings. The molecule has 0 saturated carbocycles. The molecule has 0 aromatic carbocycles. The van der Waals surface area contributed by atoms with Crippen LogP contribution in [0.4, 0.5) is 0 Å². The van der Waals surface area contributed by atoms with Crippen molar-refractivity contribution in [3.05, 3.63) is 12.2 Å². The smallest absolute Gasteiger partial charge is 0.0123 e. The van der Waals surface area contributed by atoms with Crippen LogP contribution in [0, 0.1) is 23.7 Å². The van der Waals surface area contributed by atoms with Crippen molar-refractivity contribution in [2.45, 2.75) is 26.7 Å². The first-order valence-electron chi connectivity index (χ1n) is 3.98. The van der Waals surface area contributed by atoms with Gasteiger partial charge < -0.3 is 0 Å². The zero-order valence-electron chi connectivity index (χ0n) is 6.72. The van der Waals surface area contributed by atoms with Crippen LogP contribution in [0.5, 0.6) is 0 Å². The van der Waals surface area contributed by atoms with Gasteiger partial charge >= 0.3 is 0 Å². The van der Waals surface area contributed by atoms with Crippen LogP contribution in [0.1, 0.15) is 26.7 Å². The van der Waals surface area contributed by atoms with Crippen LogP contribution in [-0.2, 0) is 0 Å². The third kappa shape index (κ3) is 2.27. The van der Waals surface area contributed by atoms with Gasteiger partial charge in [0.15, 0.2) is 0 Å². The maximum absolute atomic E-state index is 3.17. The van der Waals surface area contributed by atoms with E-state index in [1.165, 1.54) is 0 Å². The van der Waals surface area contributed by atoms with Crippen molar-refractivity contribution in [2.75, 3.05) is 0 Å². The van der Waals surface area contributed by atoms with E-state index < -0.39 is 0 Å². The van der Waals surface area contributed by atoms with Crippen molar-refractivity contribution in [3.63, 3.8) is 0 Å². The highest BCUT2D eigenvalue weighted by Crippen LogP contribution is 2.27. The molecule has 1 unspecified atom stereocenters. The molecule has 0 radical (unpaired) electrons. The second kappa shape index (κ2) is 3.46. The summed E-state index contributed by atoms with van der Waals surface area (Å²) < 4.78 is 0. The molecular formula is C10H14. The normalized spacial score (nSPS) is 17.8. The first kappa shape index (κ1) is 7.41. The standard InChI is InChI=1S/C10H14/c1-3-4-5-6-9(2)10-7-8-10/h7-10H,3,6H2,1-2H3. The Morgan fingerprint density at radius 1 is 1.40 bits per heavy atom. The van der Waals surface area contributed by atoms with Crippen LogP contribution in [-0.4, -0.2) is 0 Å². The molecule has 0 heteroatoms. The van der Waals surface area contributed by atoms with Gasteiger partial charge in [-0.2, -0.15) is 0 Å². The fourth-order valence-electron chi connectivity index (χ4n) is 0.938. The zero-order chi connectivity index (χ0) is 7.40. The third-order valence-corrected chi connectivity index (χ3v) is 1.80. The molecule has 54 valence electrons. The summed E-state index contributed by atoms with van der Waals surface area (Å²) in [5, 5.41) is 0. The SMILES string of the molecule is CCC#CCC(C)C1C=C1. The predicted octanol–water partition coefficient (Wildman–Crippen LogP) is 2.61. The van der Waals surface area contributed by atoms with Crippen LogP contribution >= 0.6 is 0 Å². The van der Waals surface area contributed by atoms with Crippen molar-refractivity contribution in [2.24, 2.45) is 11.8 Å². The van der Waals surface area contributed by atoms with Gasteiger partial charge in [-0.3, -0.25) is 0 Å². The van der Waals surface area contributed by atoms with Gasteiger partial charge in [0.2, 0.25) is 0 Å². The highest BCUT2D eigenvalue weighted by atomic mass is 14.2. The van der Waals surface area contributed by atoms with E-state index >= 15 is 0 Å². The average molecular weight is 134 g/mol. The quantitative estimate of drug-likeness (QED) is 0.402. The fourth-order valence-corrected chi connectivity index (χ4v) is 0.938. The van der Waals surface area contributed by atoms with Crippen molar-refractivity contribution in [1.29, 1.82) is 0 Å². The van der Waals surface area contributed by atoms with Gasteiger partial charge in [0.1, 0.15) is 0 Å². The summed E-state index contributed by atoms with van der Waals surface area (Å²) >= 11 is 0. The van der Waals surface area contributed by atoms with Crippen LogP contribution in [0.3, 0.4) is 0 Å². The molecule has 1 aliphatic rings. The predicted molar refractivity (Wildman–Crippen MR) is 44.5 cm³/mol. The molecule has 1 aliphatic carbocycles. The van der Waals surface area contributed by atoms with Gasteiger partial charge in [-0.25, -0.2) is 0 Å². The summed E-state index contributed by atoms with van der Waals surface area (Å²) in [5.74, 6) is 7.77. The largest absolute Gasteiger partial charge is 0.104 e. The number of hydrogen-bond donors (Lipinski definition) is 0. The van der Waals surface area contributed by atoms with Crippen LogP contribution < -0.4 is 0 Å². The molecule has 10 heavy (non-hydrogen) atoms. The molecule has 0 N–H and O–H groups in total. The topological polar surface area (TPSA) is 0 Å². The maximum atomic E-state index is 3.17. The Morgan fingerprint density at radius 2 is 2.10 bits per heavy atom. The summed E-state index contributed by atoms with van der Waals surface area (Å²) in [6.07, 6.45) is 6.55. The fraction of sp³-hybridized carbons (Fsp3) is 0.600. The molecular weight excluding hydrogens is 120 g/mol. The molecule has 0 saturated heterocycles. The van der Waals surface area contributed by atoms with Gasteiger partial charge in [-0.05, 0) is 11.8 Å². The van der Waals surface area contributed by atoms with Gasteiger partial charge in [-0.15, -0.1) is 11.8 Å². The second-order valence-electron chi connectivity index (χ2n) is 2.85. The van der Waals surface area contributed by atoms with Crippen molar-refractivity contribution in [3.8, 4) is 11.8 Å².